The molecule has 4 nitrogen and oxygen atoms in total. The third kappa shape index (κ3) is 4.63. The molecule has 0 saturated carbocycles. The van der Waals surface area contributed by atoms with Crippen molar-refractivity contribution in [3.8, 4) is 0 Å². The van der Waals surface area contributed by atoms with Gasteiger partial charge in [-0.05, 0) is 32.3 Å². The molecular formula is C11H18N2O2S2. The third-order valence-corrected chi connectivity index (χ3v) is 3.95. The largest absolute Gasteiger partial charge is 0.481 e. The second kappa shape index (κ2) is 6.96. The Labute approximate surface area is 110 Å². The van der Waals surface area contributed by atoms with E-state index >= 15 is 0 Å². The highest BCUT2D eigenvalue weighted by Crippen LogP contribution is 2.24. The molecule has 0 aliphatic rings. The van der Waals surface area contributed by atoms with Crippen LogP contribution < -0.4 is 0 Å². The molecule has 1 rings (SSSR count). The summed E-state index contributed by atoms with van der Waals surface area (Å²) < 4.78 is 2.08. The van der Waals surface area contributed by atoms with Crippen LogP contribution in [0.1, 0.15) is 25.1 Å². The van der Waals surface area contributed by atoms with Crippen molar-refractivity contribution in [3.63, 3.8) is 0 Å². The van der Waals surface area contributed by atoms with E-state index in [1.807, 2.05) is 24.9 Å². The Morgan fingerprint density at radius 2 is 2.35 bits per heavy atom. The summed E-state index contributed by atoms with van der Waals surface area (Å²) >= 11 is 3.10. The van der Waals surface area contributed by atoms with Crippen molar-refractivity contribution in [2.24, 2.45) is 0 Å². The number of aliphatic carboxylic acids is 1. The Morgan fingerprint density at radius 1 is 1.65 bits per heavy atom. The van der Waals surface area contributed by atoms with E-state index in [0.717, 1.165) is 23.0 Å². The van der Waals surface area contributed by atoms with Crippen LogP contribution in [0.15, 0.2) is 11.4 Å². The summed E-state index contributed by atoms with van der Waals surface area (Å²) in [7, 11) is 0. The van der Waals surface area contributed by atoms with Crippen molar-refractivity contribution in [1.82, 2.24) is 9.55 Å². The number of carbonyl (C=O) groups is 1. The fourth-order valence-corrected chi connectivity index (χ4v) is 2.89. The molecule has 96 valence electrons. The van der Waals surface area contributed by atoms with E-state index in [1.165, 1.54) is 11.8 Å². The molecular weight excluding hydrogens is 256 g/mol. The molecule has 0 bridgehead atoms. The minimum absolute atomic E-state index is 0.0612. The van der Waals surface area contributed by atoms with E-state index in [9.17, 15) is 4.79 Å². The number of hydrogen-bond donors (Lipinski definition) is 1. The summed E-state index contributed by atoms with van der Waals surface area (Å²) in [6.07, 6.45) is 5.15. The number of carboxylic acids is 1. The second-order valence-electron chi connectivity index (χ2n) is 3.89. The predicted octanol–water partition coefficient (Wildman–Crippen LogP) is 2.68. The van der Waals surface area contributed by atoms with Gasteiger partial charge in [0.15, 0.2) is 5.16 Å². The highest BCUT2D eigenvalue weighted by molar-refractivity contribution is 7.99. The van der Waals surface area contributed by atoms with Crippen LogP contribution in [0.2, 0.25) is 0 Å². The molecule has 1 unspecified atom stereocenters. The van der Waals surface area contributed by atoms with Gasteiger partial charge in [0.05, 0.1) is 11.4 Å². The van der Waals surface area contributed by atoms with Crippen LogP contribution in [-0.4, -0.2) is 38.4 Å². The highest BCUT2D eigenvalue weighted by Gasteiger charge is 2.13. The van der Waals surface area contributed by atoms with Gasteiger partial charge >= 0.3 is 5.97 Å². The quantitative estimate of drug-likeness (QED) is 0.775. The zero-order chi connectivity index (χ0) is 12.8. The number of imidazole rings is 1. The van der Waals surface area contributed by atoms with Crippen LogP contribution in [0, 0.1) is 6.92 Å². The highest BCUT2D eigenvalue weighted by atomic mass is 32.2. The zero-order valence-corrected chi connectivity index (χ0v) is 12.0. The monoisotopic (exact) mass is 274 g/mol. The molecule has 6 heteroatoms. The van der Waals surface area contributed by atoms with Crippen LogP contribution in [0.4, 0.5) is 0 Å². The molecule has 0 saturated heterocycles. The van der Waals surface area contributed by atoms with Crippen molar-refractivity contribution in [1.29, 1.82) is 0 Å². The molecule has 0 spiro atoms. The van der Waals surface area contributed by atoms with Gasteiger partial charge in [0.1, 0.15) is 0 Å². The van der Waals surface area contributed by atoms with Gasteiger partial charge < -0.3 is 9.67 Å². The summed E-state index contributed by atoms with van der Waals surface area (Å²) in [5.41, 5.74) is 0.939. The first-order valence-corrected chi connectivity index (χ1v) is 7.81. The lowest BCUT2D eigenvalue weighted by Gasteiger charge is -2.14. The van der Waals surface area contributed by atoms with Gasteiger partial charge in [0, 0.05) is 12.2 Å². The molecule has 1 aromatic heterocycles. The molecule has 0 amide bonds. The maximum absolute atomic E-state index is 10.6. The van der Waals surface area contributed by atoms with E-state index in [4.69, 9.17) is 5.11 Å². The van der Waals surface area contributed by atoms with Crippen LogP contribution in [0.3, 0.4) is 0 Å². The minimum Gasteiger partial charge on any atom is -0.481 e. The van der Waals surface area contributed by atoms with E-state index in [-0.39, 0.29) is 5.75 Å². The number of rotatable bonds is 7. The molecule has 1 aromatic rings. The Hall–Kier alpha value is -0.620. The van der Waals surface area contributed by atoms with Gasteiger partial charge in [0.2, 0.25) is 0 Å². The van der Waals surface area contributed by atoms with Crippen molar-refractivity contribution in [2.75, 3.05) is 17.8 Å². The summed E-state index contributed by atoms with van der Waals surface area (Å²) in [5, 5.41) is 9.50. The van der Waals surface area contributed by atoms with Gasteiger partial charge in [-0.2, -0.15) is 11.8 Å². The number of aromatic nitrogens is 2. The lowest BCUT2D eigenvalue weighted by Crippen LogP contribution is -2.08. The van der Waals surface area contributed by atoms with Gasteiger partial charge in [-0.1, -0.05) is 11.8 Å². The van der Waals surface area contributed by atoms with E-state index in [1.54, 1.807) is 0 Å². The SMILES string of the molecule is CSCCC(C)n1cc(C)nc1SCC(=O)O. The first kappa shape index (κ1) is 14.4. The van der Waals surface area contributed by atoms with Crippen molar-refractivity contribution in [3.05, 3.63) is 11.9 Å². The molecule has 1 atom stereocenters. The number of nitrogens with zero attached hydrogens (tertiary/aromatic N) is 2. The summed E-state index contributed by atoms with van der Waals surface area (Å²) in [6, 6.07) is 0.361. The molecule has 0 aromatic carbocycles. The number of carboxylic acid groups (broad SMARTS) is 1. The number of thioether (sulfide) groups is 2. The first-order valence-electron chi connectivity index (χ1n) is 5.43. The average molecular weight is 274 g/mol. The topological polar surface area (TPSA) is 55.1 Å². The molecule has 17 heavy (non-hydrogen) atoms. The Kier molecular flexibility index (Phi) is 5.91. The Morgan fingerprint density at radius 3 is 2.94 bits per heavy atom. The molecule has 0 aliphatic carbocycles. The second-order valence-corrected chi connectivity index (χ2v) is 5.81. The summed E-state index contributed by atoms with van der Waals surface area (Å²) in [6.45, 7) is 4.07. The lowest BCUT2D eigenvalue weighted by molar-refractivity contribution is -0.133. The third-order valence-electron chi connectivity index (χ3n) is 2.36. The smallest absolute Gasteiger partial charge is 0.313 e. The van der Waals surface area contributed by atoms with Crippen LogP contribution in [0.25, 0.3) is 0 Å². The van der Waals surface area contributed by atoms with Crippen LogP contribution in [0.5, 0.6) is 0 Å². The Balaban J connectivity index is 2.72. The van der Waals surface area contributed by atoms with Gasteiger partial charge in [-0.15, -0.1) is 0 Å². The number of hydrogen-bond acceptors (Lipinski definition) is 4. The molecule has 0 fully saturated rings. The van der Waals surface area contributed by atoms with Crippen LogP contribution in [-0.2, 0) is 4.79 Å². The Bertz CT molecular complexity index is 380. The normalized spacial score (nSPS) is 12.6. The predicted molar refractivity (Wildman–Crippen MR) is 73.0 cm³/mol. The minimum atomic E-state index is -0.807. The van der Waals surface area contributed by atoms with E-state index in [2.05, 4.69) is 22.7 Å². The zero-order valence-electron chi connectivity index (χ0n) is 10.3. The molecule has 1 heterocycles. The fourth-order valence-electron chi connectivity index (χ4n) is 1.47. The van der Waals surface area contributed by atoms with Gasteiger partial charge in [0.25, 0.3) is 0 Å². The molecule has 1 N–H and O–H groups in total. The molecule has 0 radical (unpaired) electrons. The molecule has 0 aliphatic heterocycles. The fraction of sp³-hybridized carbons (Fsp3) is 0.636. The van der Waals surface area contributed by atoms with Crippen molar-refractivity contribution in [2.45, 2.75) is 31.5 Å². The average Bonchev–Trinajstić information content (AvgIpc) is 2.64. The van der Waals surface area contributed by atoms with Crippen molar-refractivity contribution < 1.29 is 9.90 Å². The summed E-state index contributed by atoms with van der Waals surface area (Å²) in [4.78, 5) is 14.9. The van der Waals surface area contributed by atoms with Crippen LogP contribution >= 0.6 is 23.5 Å². The standard InChI is InChI=1S/C11H18N2O2S2/c1-8-6-13(9(2)4-5-16-3)11(12-8)17-7-10(14)15/h6,9H,4-5,7H2,1-3H3,(H,14,15). The van der Waals surface area contributed by atoms with E-state index < -0.39 is 5.97 Å². The number of aryl methyl sites for hydroxylation is 1. The van der Waals surface area contributed by atoms with E-state index in [0.29, 0.717) is 6.04 Å². The first-order chi connectivity index (χ1) is 8.04. The van der Waals surface area contributed by atoms with Gasteiger partial charge in [-0.3, -0.25) is 4.79 Å². The maximum Gasteiger partial charge on any atom is 0.313 e. The summed E-state index contributed by atoms with van der Waals surface area (Å²) in [5.74, 6) is 0.353. The van der Waals surface area contributed by atoms with Gasteiger partial charge in [-0.25, -0.2) is 4.98 Å². The van der Waals surface area contributed by atoms with Crippen molar-refractivity contribution >= 4 is 29.5 Å². The lowest BCUT2D eigenvalue weighted by atomic mass is 10.2. The maximum atomic E-state index is 10.6.